The third-order valence-electron chi connectivity index (χ3n) is 1.76. The van der Waals surface area contributed by atoms with Gasteiger partial charge in [-0.05, 0) is 6.92 Å². The Morgan fingerprint density at radius 3 is 3.17 bits per heavy atom. The number of nitrogens with one attached hydrogen (secondary N) is 1. The first-order valence-corrected chi connectivity index (χ1v) is 4.12. The number of hydrogen-bond acceptors (Lipinski definition) is 3. The van der Waals surface area contributed by atoms with Gasteiger partial charge in [-0.2, -0.15) is 0 Å². The number of aryl methyl sites for hydroxylation is 1. The van der Waals surface area contributed by atoms with Gasteiger partial charge in [-0.15, -0.1) is 0 Å². The van der Waals surface area contributed by atoms with Crippen molar-refractivity contribution >= 4 is 23.4 Å². The molecule has 62 valence electrons. The quantitative estimate of drug-likeness (QED) is 0.676. The molecule has 0 amide bonds. The summed E-state index contributed by atoms with van der Waals surface area (Å²) in [4.78, 5) is 11.2. The molecule has 5 heteroatoms. The molecule has 0 saturated carbocycles. The number of aromatic nitrogens is 4. The van der Waals surface area contributed by atoms with Crippen LogP contribution in [0.2, 0.25) is 0 Å². The fourth-order valence-electron chi connectivity index (χ4n) is 1.13. The van der Waals surface area contributed by atoms with Crippen molar-refractivity contribution in [1.82, 2.24) is 19.5 Å². The summed E-state index contributed by atoms with van der Waals surface area (Å²) in [5, 5.41) is 0. The summed E-state index contributed by atoms with van der Waals surface area (Å²) in [5.41, 5.74) is 1.71. The molecule has 0 radical (unpaired) electrons. The highest BCUT2D eigenvalue weighted by molar-refractivity contribution is 7.71. The lowest BCUT2D eigenvalue weighted by Gasteiger charge is -2.00. The van der Waals surface area contributed by atoms with Gasteiger partial charge in [0.05, 0.1) is 12.7 Å². The van der Waals surface area contributed by atoms with Gasteiger partial charge < -0.3 is 9.55 Å². The molecule has 2 aromatic rings. The van der Waals surface area contributed by atoms with Crippen molar-refractivity contribution in [2.24, 2.45) is 0 Å². The van der Waals surface area contributed by atoms with Gasteiger partial charge >= 0.3 is 0 Å². The second kappa shape index (κ2) is 2.67. The van der Waals surface area contributed by atoms with E-state index in [1.54, 1.807) is 12.7 Å². The number of hydrogen-bond donors (Lipinski definition) is 1. The van der Waals surface area contributed by atoms with Crippen LogP contribution in [-0.4, -0.2) is 19.5 Å². The average Bonchev–Trinajstić information content (AvgIpc) is 2.54. The van der Waals surface area contributed by atoms with Gasteiger partial charge in [0.25, 0.3) is 0 Å². The van der Waals surface area contributed by atoms with Crippen LogP contribution in [-0.2, 0) is 6.54 Å². The van der Waals surface area contributed by atoms with E-state index in [1.165, 1.54) is 0 Å². The van der Waals surface area contributed by atoms with Crippen LogP contribution < -0.4 is 0 Å². The lowest BCUT2D eigenvalue weighted by Crippen LogP contribution is -1.98. The van der Waals surface area contributed by atoms with Crippen LogP contribution in [0.25, 0.3) is 11.2 Å². The average molecular weight is 180 g/mol. The summed E-state index contributed by atoms with van der Waals surface area (Å²) in [6.45, 7) is 2.89. The minimum Gasteiger partial charge on any atom is -0.341 e. The molecule has 0 aliphatic heterocycles. The van der Waals surface area contributed by atoms with Crippen molar-refractivity contribution in [3.05, 3.63) is 17.3 Å². The first kappa shape index (κ1) is 7.42. The molecule has 0 aliphatic carbocycles. The van der Waals surface area contributed by atoms with Crippen molar-refractivity contribution in [2.45, 2.75) is 13.5 Å². The molecule has 12 heavy (non-hydrogen) atoms. The molecule has 2 aromatic heterocycles. The highest BCUT2D eigenvalue weighted by Gasteiger charge is 2.01. The Morgan fingerprint density at radius 1 is 1.58 bits per heavy atom. The van der Waals surface area contributed by atoms with Gasteiger partial charge in [0.2, 0.25) is 0 Å². The number of rotatable bonds is 1. The minimum atomic E-state index is 0.576. The third kappa shape index (κ3) is 0.937. The molecule has 0 fully saturated rings. The molecular weight excluding hydrogens is 172 g/mol. The first-order valence-electron chi connectivity index (χ1n) is 3.71. The van der Waals surface area contributed by atoms with Crippen molar-refractivity contribution in [1.29, 1.82) is 0 Å². The standard InChI is InChI=1S/C7H8N4S/c1-2-11-4-10-7(12)5-6(11)9-3-8-5/h3-4H,2H2,1H3,(H,8,9). The van der Waals surface area contributed by atoms with Crippen LogP contribution in [0.5, 0.6) is 0 Å². The maximum Gasteiger partial charge on any atom is 0.162 e. The lowest BCUT2D eigenvalue weighted by atomic mass is 10.5. The normalized spacial score (nSPS) is 10.8. The van der Waals surface area contributed by atoms with Crippen molar-refractivity contribution < 1.29 is 0 Å². The van der Waals surface area contributed by atoms with Crippen LogP contribution in [0, 0.1) is 4.64 Å². The second-order valence-electron chi connectivity index (χ2n) is 2.44. The number of H-pyrrole nitrogens is 1. The smallest absolute Gasteiger partial charge is 0.162 e. The van der Waals surface area contributed by atoms with E-state index in [-0.39, 0.29) is 0 Å². The summed E-state index contributed by atoms with van der Waals surface area (Å²) >= 11 is 5.02. The maximum absolute atomic E-state index is 5.02. The van der Waals surface area contributed by atoms with E-state index < -0.39 is 0 Å². The fourth-order valence-corrected chi connectivity index (χ4v) is 1.33. The highest BCUT2D eigenvalue weighted by Crippen LogP contribution is 2.07. The topological polar surface area (TPSA) is 46.5 Å². The Hall–Kier alpha value is -1.23. The number of fused-ring (bicyclic) bond motifs is 1. The number of nitrogens with zero attached hydrogens (tertiary/aromatic N) is 3. The molecule has 0 atom stereocenters. The molecule has 0 aliphatic rings. The van der Waals surface area contributed by atoms with Crippen LogP contribution in [0.4, 0.5) is 0 Å². The monoisotopic (exact) mass is 180 g/mol. The lowest BCUT2D eigenvalue weighted by molar-refractivity contribution is 0.759. The van der Waals surface area contributed by atoms with Gasteiger partial charge in [-0.3, -0.25) is 0 Å². The van der Waals surface area contributed by atoms with E-state index >= 15 is 0 Å². The number of imidazole rings is 1. The largest absolute Gasteiger partial charge is 0.341 e. The van der Waals surface area contributed by atoms with Crippen LogP contribution >= 0.6 is 12.2 Å². The first-order chi connectivity index (χ1) is 5.83. The third-order valence-corrected chi connectivity index (χ3v) is 2.07. The molecule has 4 nitrogen and oxygen atoms in total. The summed E-state index contributed by atoms with van der Waals surface area (Å²) in [5.74, 6) is 0. The summed E-state index contributed by atoms with van der Waals surface area (Å²) in [6, 6.07) is 0. The molecule has 2 heterocycles. The predicted molar refractivity (Wildman–Crippen MR) is 48.4 cm³/mol. The Balaban J connectivity index is 2.92. The molecule has 0 aromatic carbocycles. The molecule has 0 bridgehead atoms. The van der Waals surface area contributed by atoms with Gasteiger partial charge in [0.15, 0.2) is 10.3 Å². The summed E-state index contributed by atoms with van der Waals surface area (Å²) < 4.78 is 2.52. The molecule has 0 spiro atoms. The molecule has 1 N–H and O–H groups in total. The van der Waals surface area contributed by atoms with E-state index in [1.807, 2.05) is 11.5 Å². The maximum atomic E-state index is 5.02. The van der Waals surface area contributed by atoms with E-state index in [2.05, 4.69) is 15.0 Å². The summed E-state index contributed by atoms with van der Waals surface area (Å²) in [6.07, 6.45) is 3.35. The van der Waals surface area contributed by atoms with E-state index in [0.717, 1.165) is 17.7 Å². The van der Waals surface area contributed by atoms with Crippen LogP contribution in [0.15, 0.2) is 12.7 Å². The zero-order valence-electron chi connectivity index (χ0n) is 6.61. The van der Waals surface area contributed by atoms with E-state index in [9.17, 15) is 0 Å². The Morgan fingerprint density at radius 2 is 2.42 bits per heavy atom. The van der Waals surface area contributed by atoms with Gasteiger partial charge in [0, 0.05) is 6.54 Å². The zero-order chi connectivity index (χ0) is 8.55. The van der Waals surface area contributed by atoms with E-state index in [0.29, 0.717) is 4.64 Å². The van der Waals surface area contributed by atoms with Gasteiger partial charge in [-0.1, -0.05) is 12.2 Å². The van der Waals surface area contributed by atoms with Crippen molar-refractivity contribution in [3.8, 4) is 0 Å². The van der Waals surface area contributed by atoms with Crippen LogP contribution in [0.1, 0.15) is 6.92 Å². The number of aromatic amines is 1. The van der Waals surface area contributed by atoms with Gasteiger partial charge in [-0.25, -0.2) is 9.97 Å². The molecule has 0 saturated heterocycles. The molecule has 0 unspecified atom stereocenters. The van der Waals surface area contributed by atoms with E-state index in [4.69, 9.17) is 12.2 Å². The summed E-state index contributed by atoms with van der Waals surface area (Å²) in [7, 11) is 0. The Kier molecular flexibility index (Phi) is 1.65. The SMILES string of the molecule is CCn1cnc(=S)c2[nH]cnc21. The molecular formula is C7H8N4S. The Bertz CT molecular complexity index is 456. The minimum absolute atomic E-state index is 0.576. The van der Waals surface area contributed by atoms with Gasteiger partial charge in [0.1, 0.15) is 5.52 Å². The van der Waals surface area contributed by atoms with Crippen molar-refractivity contribution in [3.63, 3.8) is 0 Å². The predicted octanol–water partition coefficient (Wildman–Crippen LogP) is 1.51. The zero-order valence-corrected chi connectivity index (χ0v) is 7.43. The highest BCUT2D eigenvalue weighted by atomic mass is 32.1. The molecule has 2 rings (SSSR count). The second-order valence-corrected chi connectivity index (χ2v) is 2.82. The fraction of sp³-hybridized carbons (Fsp3) is 0.286. The van der Waals surface area contributed by atoms with Crippen LogP contribution in [0.3, 0.4) is 0 Å². The van der Waals surface area contributed by atoms with Crippen molar-refractivity contribution in [2.75, 3.05) is 0 Å². The Labute approximate surface area is 74.3 Å².